The van der Waals surface area contributed by atoms with Gasteiger partial charge in [0.05, 0.1) is 0 Å². The fourth-order valence-corrected chi connectivity index (χ4v) is 1.47. The number of hydrogen-bond donors (Lipinski definition) is 1. The summed E-state index contributed by atoms with van der Waals surface area (Å²) >= 11 is 0. The van der Waals surface area contributed by atoms with Gasteiger partial charge in [-0.3, -0.25) is 0 Å². The molecule has 1 aromatic carbocycles. The van der Waals surface area contributed by atoms with Gasteiger partial charge in [0, 0.05) is 12.5 Å². The number of nitrogens with two attached hydrogens (primary N) is 1. The van der Waals surface area contributed by atoms with Crippen molar-refractivity contribution in [2.24, 2.45) is 5.73 Å². The maximum atomic E-state index is 13.3. The molecule has 0 aliphatic rings. The molecule has 86 valence electrons. The molecule has 2 N–H and O–H groups in total. The van der Waals surface area contributed by atoms with Crippen LogP contribution in [-0.4, -0.2) is 6.04 Å². The second-order valence-electron chi connectivity index (χ2n) is 3.64. The van der Waals surface area contributed by atoms with Crippen LogP contribution in [-0.2, 0) is 6.42 Å². The van der Waals surface area contributed by atoms with Gasteiger partial charge in [0.2, 0.25) is 0 Å². The standard InChI is InChI=1S/C13H15F2N/c1-2-3-4-7-11(16)9-10-6-5-8-12(14)13(10)15/h5-6,8,11H,4,7,9,16H2,1H3. The van der Waals surface area contributed by atoms with Gasteiger partial charge in [0.1, 0.15) is 0 Å². The van der Waals surface area contributed by atoms with Crippen molar-refractivity contribution in [1.82, 2.24) is 0 Å². The fraction of sp³-hybridized carbons (Fsp3) is 0.385. The molecule has 1 unspecified atom stereocenters. The molecule has 0 saturated carbocycles. The summed E-state index contributed by atoms with van der Waals surface area (Å²) in [5.41, 5.74) is 6.14. The highest BCUT2D eigenvalue weighted by Gasteiger charge is 2.10. The lowest BCUT2D eigenvalue weighted by Crippen LogP contribution is -2.23. The Morgan fingerprint density at radius 1 is 1.38 bits per heavy atom. The highest BCUT2D eigenvalue weighted by Crippen LogP contribution is 2.13. The van der Waals surface area contributed by atoms with Crippen molar-refractivity contribution < 1.29 is 8.78 Å². The van der Waals surface area contributed by atoms with Crippen LogP contribution < -0.4 is 5.73 Å². The maximum Gasteiger partial charge on any atom is 0.162 e. The van der Waals surface area contributed by atoms with Crippen LogP contribution >= 0.6 is 0 Å². The van der Waals surface area contributed by atoms with Gasteiger partial charge >= 0.3 is 0 Å². The van der Waals surface area contributed by atoms with Gasteiger partial charge in [-0.1, -0.05) is 12.1 Å². The SMILES string of the molecule is CC#CCCC(N)Cc1cccc(F)c1F. The molecule has 0 aliphatic heterocycles. The normalized spacial score (nSPS) is 11.8. The molecule has 1 nitrogen and oxygen atoms in total. The van der Waals surface area contributed by atoms with Crippen molar-refractivity contribution in [3.05, 3.63) is 35.4 Å². The van der Waals surface area contributed by atoms with E-state index in [1.54, 1.807) is 13.0 Å². The highest BCUT2D eigenvalue weighted by atomic mass is 19.2. The third kappa shape index (κ3) is 3.63. The van der Waals surface area contributed by atoms with E-state index in [-0.39, 0.29) is 6.04 Å². The Kier molecular flexibility index (Phi) is 4.94. The lowest BCUT2D eigenvalue weighted by molar-refractivity contribution is 0.490. The van der Waals surface area contributed by atoms with Gasteiger partial charge in [0.25, 0.3) is 0 Å². The third-order valence-electron chi connectivity index (χ3n) is 2.33. The van der Waals surface area contributed by atoms with E-state index in [2.05, 4.69) is 11.8 Å². The molecule has 0 spiro atoms. The second kappa shape index (κ2) is 6.24. The molecule has 1 atom stereocenters. The van der Waals surface area contributed by atoms with E-state index in [9.17, 15) is 8.78 Å². The molecule has 3 heteroatoms. The van der Waals surface area contributed by atoms with E-state index in [0.29, 0.717) is 24.8 Å². The smallest absolute Gasteiger partial charge is 0.162 e. The Balaban J connectivity index is 2.58. The van der Waals surface area contributed by atoms with Crippen LogP contribution in [0.3, 0.4) is 0 Å². The van der Waals surface area contributed by atoms with Gasteiger partial charge in [-0.2, -0.15) is 0 Å². The Morgan fingerprint density at radius 2 is 2.12 bits per heavy atom. The first-order chi connectivity index (χ1) is 7.65. The summed E-state index contributed by atoms with van der Waals surface area (Å²) in [6.07, 6.45) is 1.72. The summed E-state index contributed by atoms with van der Waals surface area (Å²) in [5.74, 6) is 4.05. The molecule has 0 heterocycles. The molecule has 0 bridgehead atoms. The molecule has 0 amide bonds. The minimum absolute atomic E-state index is 0.183. The zero-order valence-corrected chi connectivity index (χ0v) is 9.26. The van der Waals surface area contributed by atoms with Crippen molar-refractivity contribution in [3.63, 3.8) is 0 Å². The van der Waals surface area contributed by atoms with E-state index in [4.69, 9.17) is 5.73 Å². The summed E-state index contributed by atoms with van der Waals surface area (Å²) in [6, 6.07) is 3.97. The predicted octanol–water partition coefficient (Wildman–Crippen LogP) is 2.64. The summed E-state index contributed by atoms with van der Waals surface area (Å²) < 4.78 is 26.2. The van der Waals surface area contributed by atoms with Crippen molar-refractivity contribution >= 4 is 0 Å². The first-order valence-corrected chi connectivity index (χ1v) is 5.23. The van der Waals surface area contributed by atoms with Crippen LogP contribution in [0.1, 0.15) is 25.3 Å². The van der Waals surface area contributed by atoms with Gasteiger partial charge in [-0.25, -0.2) is 8.78 Å². The topological polar surface area (TPSA) is 26.0 Å². The quantitative estimate of drug-likeness (QED) is 0.780. The number of hydrogen-bond acceptors (Lipinski definition) is 1. The van der Waals surface area contributed by atoms with Crippen molar-refractivity contribution in [1.29, 1.82) is 0 Å². The monoisotopic (exact) mass is 223 g/mol. The average molecular weight is 223 g/mol. The molecule has 1 aromatic rings. The molecule has 0 saturated heterocycles. The van der Waals surface area contributed by atoms with Crippen LogP contribution in [0.25, 0.3) is 0 Å². The number of halogens is 2. The zero-order chi connectivity index (χ0) is 12.0. The summed E-state index contributed by atoms with van der Waals surface area (Å²) in [5, 5.41) is 0. The Labute approximate surface area is 94.7 Å². The predicted molar refractivity (Wildman–Crippen MR) is 60.7 cm³/mol. The first-order valence-electron chi connectivity index (χ1n) is 5.23. The lowest BCUT2D eigenvalue weighted by atomic mass is 10.0. The Hall–Kier alpha value is -1.40. The van der Waals surface area contributed by atoms with E-state index in [1.807, 2.05) is 0 Å². The maximum absolute atomic E-state index is 13.3. The van der Waals surface area contributed by atoms with E-state index >= 15 is 0 Å². The summed E-state index contributed by atoms with van der Waals surface area (Å²) in [6.45, 7) is 1.76. The largest absolute Gasteiger partial charge is 0.327 e. The van der Waals surface area contributed by atoms with Crippen LogP contribution in [0.4, 0.5) is 8.78 Å². The van der Waals surface area contributed by atoms with Crippen LogP contribution in [0.2, 0.25) is 0 Å². The molecular formula is C13H15F2N. The molecule has 0 aliphatic carbocycles. The molecule has 0 aromatic heterocycles. The van der Waals surface area contributed by atoms with Crippen molar-refractivity contribution in [2.75, 3.05) is 0 Å². The highest BCUT2D eigenvalue weighted by molar-refractivity contribution is 5.20. The van der Waals surface area contributed by atoms with Crippen LogP contribution in [0, 0.1) is 23.5 Å². The summed E-state index contributed by atoms with van der Waals surface area (Å²) in [4.78, 5) is 0. The Bertz CT molecular complexity index is 404. The Morgan fingerprint density at radius 3 is 2.81 bits per heavy atom. The average Bonchev–Trinajstić information content (AvgIpc) is 2.25. The van der Waals surface area contributed by atoms with E-state index in [0.717, 1.165) is 6.07 Å². The minimum Gasteiger partial charge on any atom is -0.327 e. The zero-order valence-electron chi connectivity index (χ0n) is 9.26. The van der Waals surface area contributed by atoms with E-state index in [1.165, 1.54) is 6.07 Å². The minimum atomic E-state index is -0.821. The number of benzene rings is 1. The first kappa shape index (κ1) is 12.7. The molecular weight excluding hydrogens is 208 g/mol. The molecule has 1 rings (SSSR count). The third-order valence-corrected chi connectivity index (χ3v) is 2.33. The van der Waals surface area contributed by atoms with Gasteiger partial charge in [-0.15, -0.1) is 11.8 Å². The van der Waals surface area contributed by atoms with Gasteiger partial charge in [-0.05, 0) is 31.4 Å². The number of rotatable bonds is 4. The van der Waals surface area contributed by atoms with E-state index < -0.39 is 11.6 Å². The van der Waals surface area contributed by atoms with Crippen molar-refractivity contribution in [3.8, 4) is 11.8 Å². The molecule has 0 fully saturated rings. The van der Waals surface area contributed by atoms with Crippen LogP contribution in [0.15, 0.2) is 18.2 Å². The van der Waals surface area contributed by atoms with Crippen LogP contribution in [0.5, 0.6) is 0 Å². The lowest BCUT2D eigenvalue weighted by Gasteiger charge is -2.10. The van der Waals surface area contributed by atoms with Gasteiger partial charge < -0.3 is 5.73 Å². The van der Waals surface area contributed by atoms with Crippen molar-refractivity contribution in [2.45, 2.75) is 32.2 Å². The molecule has 16 heavy (non-hydrogen) atoms. The second-order valence-corrected chi connectivity index (χ2v) is 3.64. The summed E-state index contributed by atoms with van der Waals surface area (Å²) in [7, 11) is 0. The molecule has 0 radical (unpaired) electrons. The van der Waals surface area contributed by atoms with Gasteiger partial charge in [0.15, 0.2) is 11.6 Å². The fourth-order valence-electron chi connectivity index (χ4n) is 1.47.